The van der Waals surface area contributed by atoms with E-state index in [1.807, 2.05) is 0 Å². The highest BCUT2D eigenvalue weighted by Crippen LogP contribution is 1.80. The molecule has 10 heavy (non-hydrogen) atoms. The van der Waals surface area contributed by atoms with Crippen LogP contribution in [0.25, 0.3) is 0 Å². The van der Waals surface area contributed by atoms with Crippen molar-refractivity contribution in [3.8, 4) is 0 Å². The molecule has 0 aromatic carbocycles. The molecule has 0 aliphatic carbocycles. The maximum atomic E-state index is 2.30. The average Bonchev–Trinajstić information content (AvgIpc) is 2.18. The fourth-order valence-corrected chi connectivity index (χ4v) is 1.12. The molecular formula is C7H16BrN2+. The predicted molar refractivity (Wildman–Crippen MR) is 48.2 cm³/mol. The van der Waals surface area contributed by atoms with Gasteiger partial charge in [0.05, 0.1) is 13.1 Å². The Morgan fingerprint density at radius 1 is 1.60 bits per heavy atom. The third-order valence-electron chi connectivity index (χ3n) is 1.69. The van der Waals surface area contributed by atoms with Gasteiger partial charge in [0.15, 0.2) is 0 Å². The standard InChI is InChI=1S/C7H14N2.BrH/c1-3-5-9-7-4-6-8(9)2;/h4,7H,3,5-6H2,1-2H3;1H/p+1. The predicted octanol–water partition coefficient (Wildman–Crippen LogP) is 0.233. The van der Waals surface area contributed by atoms with Crippen LogP contribution in [-0.4, -0.2) is 25.1 Å². The van der Waals surface area contributed by atoms with Crippen LogP contribution in [0.5, 0.6) is 0 Å². The Bertz CT molecular complexity index is 114. The average molecular weight is 208 g/mol. The molecule has 0 fully saturated rings. The highest BCUT2D eigenvalue weighted by molar-refractivity contribution is 8.93. The molecular weight excluding hydrogens is 192 g/mol. The molecule has 0 saturated heterocycles. The van der Waals surface area contributed by atoms with E-state index in [-0.39, 0.29) is 17.0 Å². The topological polar surface area (TPSA) is 7.68 Å². The van der Waals surface area contributed by atoms with Crippen molar-refractivity contribution in [1.82, 2.24) is 5.01 Å². The summed E-state index contributed by atoms with van der Waals surface area (Å²) in [6.07, 6.45) is 5.69. The summed E-state index contributed by atoms with van der Waals surface area (Å²) in [5.74, 6) is 0. The van der Waals surface area contributed by atoms with Crippen molar-refractivity contribution in [3.05, 3.63) is 12.3 Å². The van der Waals surface area contributed by atoms with Gasteiger partial charge in [-0.05, 0) is 12.5 Å². The van der Waals surface area contributed by atoms with E-state index in [0.29, 0.717) is 0 Å². The van der Waals surface area contributed by atoms with Crippen LogP contribution in [0.15, 0.2) is 12.3 Å². The number of nitrogens with zero attached hydrogens (tertiary/aromatic N) is 1. The molecule has 1 aliphatic heterocycles. The van der Waals surface area contributed by atoms with Gasteiger partial charge in [0.2, 0.25) is 0 Å². The summed E-state index contributed by atoms with van der Waals surface area (Å²) in [5.41, 5.74) is 0. The van der Waals surface area contributed by atoms with Gasteiger partial charge in [-0.2, -0.15) is 5.01 Å². The van der Waals surface area contributed by atoms with Gasteiger partial charge < -0.3 is 0 Å². The lowest BCUT2D eigenvalue weighted by Crippen LogP contribution is -3.12. The van der Waals surface area contributed by atoms with Gasteiger partial charge in [-0.3, -0.25) is 0 Å². The Balaban J connectivity index is 0.000000810. The molecule has 1 aliphatic rings. The zero-order valence-corrected chi connectivity index (χ0v) is 8.34. The Labute approximate surface area is 73.2 Å². The zero-order valence-electron chi connectivity index (χ0n) is 6.63. The minimum absolute atomic E-state index is 0. The van der Waals surface area contributed by atoms with Crippen LogP contribution in [0.3, 0.4) is 0 Å². The Hall–Kier alpha value is 0.140. The number of halogens is 1. The third-order valence-corrected chi connectivity index (χ3v) is 1.69. The Morgan fingerprint density at radius 2 is 2.30 bits per heavy atom. The van der Waals surface area contributed by atoms with E-state index >= 15 is 0 Å². The van der Waals surface area contributed by atoms with E-state index in [1.165, 1.54) is 18.0 Å². The fraction of sp³-hybridized carbons (Fsp3) is 0.714. The lowest BCUT2D eigenvalue weighted by Gasteiger charge is -2.17. The molecule has 1 atom stereocenters. The fourth-order valence-electron chi connectivity index (χ4n) is 1.12. The SMILES string of the molecule is Br.CCC[NH+]1C=CCN1C. The minimum atomic E-state index is 0. The van der Waals surface area contributed by atoms with Crippen molar-refractivity contribution >= 4 is 17.0 Å². The van der Waals surface area contributed by atoms with Crippen molar-refractivity contribution in [3.63, 3.8) is 0 Å². The monoisotopic (exact) mass is 207 g/mol. The summed E-state index contributed by atoms with van der Waals surface area (Å²) in [5, 5.41) is 3.78. The first-order valence-corrected chi connectivity index (χ1v) is 3.58. The van der Waals surface area contributed by atoms with Crippen LogP contribution < -0.4 is 5.01 Å². The molecule has 0 amide bonds. The molecule has 1 N–H and O–H groups in total. The number of quaternary nitrogens is 1. The second kappa shape index (κ2) is 4.88. The second-order valence-electron chi connectivity index (χ2n) is 2.52. The highest BCUT2D eigenvalue weighted by atomic mass is 79.9. The molecule has 0 bridgehead atoms. The number of hydrogen-bond acceptors (Lipinski definition) is 1. The highest BCUT2D eigenvalue weighted by Gasteiger charge is 2.14. The Kier molecular flexibility index (Phi) is 4.95. The van der Waals surface area contributed by atoms with E-state index < -0.39 is 0 Å². The van der Waals surface area contributed by atoms with E-state index in [1.54, 1.807) is 0 Å². The summed E-state index contributed by atoms with van der Waals surface area (Å²) in [4.78, 5) is 0. The number of likely N-dealkylation sites (N-methyl/N-ethyl adjacent to an activating group) is 1. The van der Waals surface area contributed by atoms with E-state index in [4.69, 9.17) is 0 Å². The summed E-state index contributed by atoms with van der Waals surface area (Å²) >= 11 is 0. The Morgan fingerprint density at radius 3 is 2.70 bits per heavy atom. The summed E-state index contributed by atoms with van der Waals surface area (Å²) in [6, 6.07) is 0. The lowest BCUT2D eigenvalue weighted by atomic mass is 10.5. The number of hydrogen-bond donors (Lipinski definition) is 1. The van der Waals surface area contributed by atoms with Crippen molar-refractivity contribution in [2.45, 2.75) is 13.3 Å². The lowest BCUT2D eigenvalue weighted by molar-refractivity contribution is -0.960. The maximum Gasteiger partial charge on any atom is 0.111 e. The van der Waals surface area contributed by atoms with Crippen molar-refractivity contribution in [2.75, 3.05) is 20.1 Å². The van der Waals surface area contributed by atoms with Crippen LogP contribution in [0, 0.1) is 0 Å². The van der Waals surface area contributed by atoms with Crippen LogP contribution >= 0.6 is 17.0 Å². The van der Waals surface area contributed by atoms with E-state index in [2.05, 4.69) is 31.3 Å². The molecule has 0 aromatic heterocycles. The molecule has 1 unspecified atom stereocenters. The third kappa shape index (κ3) is 2.40. The summed E-state index contributed by atoms with van der Waals surface area (Å²) in [6.45, 7) is 4.55. The molecule has 3 heteroatoms. The molecule has 0 saturated carbocycles. The van der Waals surface area contributed by atoms with Gasteiger partial charge in [-0.25, -0.2) is 5.01 Å². The smallest absolute Gasteiger partial charge is 0.111 e. The van der Waals surface area contributed by atoms with Gasteiger partial charge in [-0.15, -0.1) is 17.0 Å². The van der Waals surface area contributed by atoms with Crippen LogP contribution in [0.4, 0.5) is 0 Å². The van der Waals surface area contributed by atoms with Crippen LogP contribution in [0.2, 0.25) is 0 Å². The first kappa shape index (κ1) is 10.1. The van der Waals surface area contributed by atoms with E-state index in [9.17, 15) is 0 Å². The maximum absolute atomic E-state index is 2.30. The van der Waals surface area contributed by atoms with Gasteiger partial charge in [0.1, 0.15) is 6.20 Å². The van der Waals surface area contributed by atoms with Gasteiger partial charge in [0.25, 0.3) is 0 Å². The molecule has 1 heterocycles. The molecule has 1 rings (SSSR count). The first-order chi connectivity index (χ1) is 4.34. The second-order valence-corrected chi connectivity index (χ2v) is 2.52. The van der Waals surface area contributed by atoms with Gasteiger partial charge >= 0.3 is 0 Å². The molecule has 2 nitrogen and oxygen atoms in total. The molecule has 0 radical (unpaired) electrons. The van der Waals surface area contributed by atoms with Crippen molar-refractivity contribution < 1.29 is 5.01 Å². The number of nitrogens with one attached hydrogen (secondary N) is 1. The quantitative estimate of drug-likeness (QED) is 0.682. The van der Waals surface area contributed by atoms with Crippen LogP contribution in [0.1, 0.15) is 13.3 Å². The van der Waals surface area contributed by atoms with Gasteiger partial charge in [-0.1, -0.05) is 6.92 Å². The van der Waals surface area contributed by atoms with Gasteiger partial charge in [0, 0.05) is 7.05 Å². The largest absolute Gasteiger partial charge is 0.229 e. The van der Waals surface area contributed by atoms with Crippen molar-refractivity contribution in [1.29, 1.82) is 0 Å². The van der Waals surface area contributed by atoms with Crippen LogP contribution in [-0.2, 0) is 0 Å². The summed E-state index contributed by atoms with van der Waals surface area (Å²) in [7, 11) is 2.14. The first-order valence-electron chi connectivity index (χ1n) is 3.58. The normalized spacial score (nSPS) is 24.8. The molecule has 0 spiro atoms. The van der Waals surface area contributed by atoms with E-state index in [0.717, 1.165) is 6.54 Å². The molecule has 0 aromatic rings. The zero-order chi connectivity index (χ0) is 6.69. The van der Waals surface area contributed by atoms with Crippen molar-refractivity contribution in [2.24, 2.45) is 0 Å². The summed E-state index contributed by atoms with van der Waals surface area (Å²) < 4.78 is 0. The number of rotatable bonds is 2. The molecule has 60 valence electrons. The minimum Gasteiger partial charge on any atom is -0.229 e.